The van der Waals surface area contributed by atoms with E-state index in [2.05, 4.69) is 17.4 Å². The van der Waals surface area contributed by atoms with Gasteiger partial charge in [-0.15, -0.1) is 0 Å². The second kappa shape index (κ2) is 10.7. The van der Waals surface area contributed by atoms with Crippen molar-refractivity contribution >= 4 is 26.8 Å². The van der Waals surface area contributed by atoms with E-state index in [1.54, 1.807) is 0 Å². The van der Waals surface area contributed by atoms with Gasteiger partial charge in [-0.2, -0.15) is 0 Å². The first-order chi connectivity index (χ1) is 12.2. The van der Waals surface area contributed by atoms with Gasteiger partial charge in [0, 0.05) is 0 Å². The fraction of sp³-hybridized carbons (Fsp3) is 0.300. The van der Waals surface area contributed by atoms with Crippen molar-refractivity contribution in [2.75, 3.05) is 7.11 Å². The Morgan fingerprint density at radius 1 is 1.00 bits per heavy atom. The number of rotatable bonds is 9. The van der Waals surface area contributed by atoms with E-state index in [9.17, 15) is 9.59 Å². The summed E-state index contributed by atoms with van der Waals surface area (Å²) in [6.07, 6.45) is 0.879. The number of hydrogen-bond donors (Lipinski definition) is 1. The zero-order valence-electron chi connectivity index (χ0n) is 14.3. The van der Waals surface area contributed by atoms with E-state index in [4.69, 9.17) is 4.74 Å². The van der Waals surface area contributed by atoms with Gasteiger partial charge in [-0.25, -0.2) is 0 Å². The third-order valence-corrected chi connectivity index (χ3v) is 5.85. The van der Waals surface area contributed by atoms with Crippen LogP contribution < -0.4 is 5.32 Å². The summed E-state index contributed by atoms with van der Waals surface area (Å²) in [5.41, 5.74) is 2.30. The fourth-order valence-corrected chi connectivity index (χ4v) is 4.27. The molecule has 0 aromatic heterocycles. The third-order valence-electron chi connectivity index (χ3n) is 3.69. The Balaban J connectivity index is 1.77. The molecule has 0 aliphatic rings. The summed E-state index contributed by atoms with van der Waals surface area (Å²) in [6.45, 7) is 0. The Kier molecular flexibility index (Phi) is 8.23. The Morgan fingerprint density at radius 3 is 2.20 bits per heavy atom. The van der Waals surface area contributed by atoms with Gasteiger partial charge in [-0.1, -0.05) is 0 Å². The average Bonchev–Trinajstić information content (AvgIpc) is 2.66. The zero-order valence-corrected chi connectivity index (χ0v) is 16.0. The molecule has 2 aromatic rings. The molecule has 1 N–H and O–H groups in total. The summed E-state index contributed by atoms with van der Waals surface area (Å²) in [7, 11) is 1.34. The molecule has 0 saturated carbocycles. The van der Waals surface area contributed by atoms with Crippen LogP contribution in [0.3, 0.4) is 0 Å². The molecule has 0 bridgehead atoms. The molecular weight excluding hydrogens is 381 g/mol. The molecule has 132 valence electrons. The first kappa shape index (κ1) is 19.2. The summed E-state index contributed by atoms with van der Waals surface area (Å²) in [6, 6.07) is 19.3. The minimum absolute atomic E-state index is 0.0960. The number of amides is 1. The summed E-state index contributed by atoms with van der Waals surface area (Å²) in [5, 5.41) is 4.68. The predicted molar refractivity (Wildman–Crippen MR) is 99.4 cm³/mol. The van der Waals surface area contributed by atoms with Gasteiger partial charge in [-0.05, 0) is 0 Å². The van der Waals surface area contributed by atoms with E-state index in [-0.39, 0.29) is 5.91 Å². The Morgan fingerprint density at radius 2 is 1.60 bits per heavy atom. The maximum absolute atomic E-state index is 12.2. The van der Waals surface area contributed by atoms with Crippen LogP contribution in [0.25, 0.3) is 0 Å². The van der Waals surface area contributed by atoms with Crippen LogP contribution in [-0.2, 0) is 26.1 Å². The number of benzene rings is 2. The van der Waals surface area contributed by atoms with Gasteiger partial charge in [0.2, 0.25) is 0 Å². The molecule has 25 heavy (non-hydrogen) atoms. The quantitative estimate of drug-likeness (QED) is 0.397. The normalized spacial score (nSPS) is 11.6. The van der Waals surface area contributed by atoms with Gasteiger partial charge < -0.3 is 0 Å². The van der Waals surface area contributed by atoms with Crippen LogP contribution >= 0.6 is 0 Å². The molecule has 5 heteroatoms. The van der Waals surface area contributed by atoms with Crippen molar-refractivity contribution in [1.29, 1.82) is 0 Å². The van der Waals surface area contributed by atoms with Crippen molar-refractivity contribution in [3.8, 4) is 0 Å². The van der Waals surface area contributed by atoms with E-state index in [1.165, 1.54) is 12.7 Å². The van der Waals surface area contributed by atoms with Crippen LogP contribution in [0, 0.1) is 0 Å². The number of nitrogens with one attached hydrogen (secondary N) is 1. The van der Waals surface area contributed by atoms with Crippen molar-refractivity contribution in [3.63, 3.8) is 0 Å². The molecule has 0 aliphatic carbocycles. The third kappa shape index (κ3) is 7.12. The van der Waals surface area contributed by atoms with Crippen molar-refractivity contribution in [1.82, 2.24) is 5.32 Å². The van der Waals surface area contributed by atoms with Crippen molar-refractivity contribution in [2.45, 2.75) is 29.5 Å². The van der Waals surface area contributed by atoms with Gasteiger partial charge >= 0.3 is 155 Å². The van der Waals surface area contributed by atoms with E-state index in [0.29, 0.717) is 27.8 Å². The van der Waals surface area contributed by atoms with Crippen molar-refractivity contribution in [3.05, 3.63) is 71.8 Å². The Labute approximate surface area is 155 Å². The first-order valence-corrected chi connectivity index (χ1v) is 10.6. The van der Waals surface area contributed by atoms with E-state index in [0.717, 1.165) is 16.2 Å². The zero-order chi connectivity index (χ0) is 17.9. The summed E-state index contributed by atoms with van der Waals surface area (Å²) in [5.74, 6) is -0.506. The van der Waals surface area contributed by atoms with E-state index in [1.807, 2.05) is 48.5 Å². The Bertz CT molecular complexity index is 661. The van der Waals surface area contributed by atoms with Gasteiger partial charge in [-0.3, -0.25) is 0 Å². The second-order valence-corrected chi connectivity index (χ2v) is 7.94. The van der Waals surface area contributed by atoms with Crippen LogP contribution in [0.1, 0.15) is 17.5 Å². The number of hydrogen-bond acceptors (Lipinski definition) is 3. The predicted octanol–water partition coefficient (Wildman–Crippen LogP) is 2.60. The van der Waals surface area contributed by atoms with Gasteiger partial charge in [0.25, 0.3) is 0 Å². The van der Waals surface area contributed by atoms with Gasteiger partial charge in [0.05, 0.1) is 0 Å². The minimum atomic E-state index is -0.637. The van der Waals surface area contributed by atoms with Crippen molar-refractivity contribution in [2.24, 2.45) is 0 Å². The SMILES string of the molecule is COC(=O)[C@H](Cc1ccccc1)NC(=O)CC[Se]Cc1ccccc1. The van der Waals surface area contributed by atoms with Crippen molar-refractivity contribution < 1.29 is 14.3 Å². The number of carbonyl (C=O) groups excluding carboxylic acids is 2. The summed E-state index contributed by atoms with van der Waals surface area (Å²) >= 11 is 0.374. The second-order valence-electron chi connectivity index (χ2n) is 5.62. The number of methoxy groups -OCH3 is 1. The topological polar surface area (TPSA) is 55.4 Å². The van der Waals surface area contributed by atoms with Gasteiger partial charge in [0.15, 0.2) is 0 Å². The van der Waals surface area contributed by atoms with Gasteiger partial charge in [0.1, 0.15) is 0 Å². The molecule has 0 aliphatic heterocycles. The molecule has 0 spiro atoms. The molecule has 1 atom stereocenters. The fourth-order valence-electron chi connectivity index (χ4n) is 2.38. The molecule has 0 unspecified atom stereocenters. The van der Waals surface area contributed by atoms with Crippen LogP contribution in [0.15, 0.2) is 60.7 Å². The van der Waals surface area contributed by atoms with E-state index >= 15 is 0 Å². The molecule has 4 nitrogen and oxygen atoms in total. The number of ether oxygens (including phenoxy) is 1. The molecular formula is C20H23NO3Se. The monoisotopic (exact) mass is 405 g/mol. The number of esters is 1. The average molecular weight is 404 g/mol. The number of carbonyl (C=O) groups is 2. The summed E-state index contributed by atoms with van der Waals surface area (Å²) in [4.78, 5) is 24.1. The molecule has 0 heterocycles. The summed E-state index contributed by atoms with van der Waals surface area (Å²) < 4.78 is 4.82. The molecule has 2 rings (SSSR count). The molecule has 0 radical (unpaired) electrons. The van der Waals surface area contributed by atoms with Crippen LogP contribution in [-0.4, -0.2) is 40.0 Å². The van der Waals surface area contributed by atoms with Crippen LogP contribution in [0.5, 0.6) is 0 Å². The molecule has 0 saturated heterocycles. The maximum atomic E-state index is 12.2. The first-order valence-electron chi connectivity index (χ1n) is 8.22. The van der Waals surface area contributed by atoms with Crippen LogP contribution in [0.4, 0.5) is 0 Å². The molecule has 1 amide bonds. The molecule has 2 aromatic carbocycles. The van der Waals surface area contributed by atoms with Crippen LogP contribution in [0.2, 0.25) is 5.32 Å². The standard InChI is InChI=1S/C20H23NO3Se/c1-24-20(23)18(14-16-8-4-2-5-9-16)21-19(22)12-13-25-15-17-10-6-3-7-11-17/h2-11,18H,12-15H2,1H3,(H,21,22)/t18-/m0/s1. The van der Waals surface area contributed by atoms with E-state index < -0.39 is 12.0 Å². The molecule has 0 fully saturated rings. The Hall–Kier alpha value is -2.10.